The zero-order valence-corrected chi connectivity index (χ0v) is 9.24. The second-order valence-corrected chi connectivity index (χ2v) is 3.54. The van der Waals surface area contributed by atoms with Crippen molar-refractivity contribution in [3.8, 4) is 5.75 Å². The Morgan fingerprint density at radius 1 is 1.35 bits per heavy atom. The fourth-order valence-electron chi connectivity index (χ4n) is 1.62. The van der Waals surface area contributed by atoms with Gasteiger partial charge in [-0.1, -0.05) is 0 Å². The third-order valence-electron chi connectivity index (χ3n) is 2.48. The minimum atomic E-state index is 0.787. The molecule has 0 amide bonds. The molecular formula is C11H11N5O. The van der Waals surface area contributed by atoms with E-state index >= 15 is 0 Å². The first kappa shape index (κ1) is 9.71. The predicted octanol–water partition coefficient (Wildman–Crippen LogP) is -0.679. The van der Waals surface area contributed by atoms with E-state index in [0.717, 1.165) is 16.3 Å². The summed E-state index contributed by atoms with van der Waals surface area (Å²) in [6, 6.07) is 7.57. The van der Waals surface area contributed by atoms with Crippen molar-refractivity contribution in [1.29, 1.82) is 0 Å². The average molecular weight is 229 g/mol. The van der Waals surface area contributed by atoms with Gasteiger partial charge in [-0.25, -0.2) is 0 Å². The Bertz CT molecular complexity index is 634. The zero-order valence-electron chi connectivity index (χ0n) is 9.24. The van der Waals surface area contributed by atoms with Gasteiger partial charge in [0.2, 0.25) is 0 Å². The van der Waals surface area contributed by atoms with E-state index < -0.39 is 0 Å². The molecule has 2 heterocycles. The second kappa shape index (κ2) is 3.82. The van der Waals surface area contributed by atoms with Crippen molar-refractivity contribution in [2.24, 2.45) is 5.10 Å². The SMILES string of the molecule is COc1ccc2c(c1)=NNN(n1cccn1)C=2. The zero-order chi connectivity index (χ0) is 11.7. The van der Waals surface area contributed by atoms with Crippen molar-refractivity contribution in [2.75, 3.05) is 12.2 Å². The van der Waals surface area contributed by atoms with Crippen LogP contribution in [0.25, 0.3) is 6.20 Å². The van der Waals surface area contributed by atoms with E-state index in [-0.39, 0.29) is 0 Å². The Kier molecular flexibility index (Phi) is 2.18. The highest BCUT2D eigenvalue weighted by atomic mass is 16.5. The molecule has 1 aliphatic rings. The number of hydrogen-bond donors (Lipinski definition) is 1. The molecule has 0 saturated heterocycles. The molecular weight excluding hydrogens is 218 g/mol. The highest BCUT2D eigenvalue weighted by Crippen LogP contribution is 2.02. The molecule has 2 aromatic rings. The number of benzene rings is 1. The molecule has 6 nitrogen and oxygen atoms in total. The summed E-state index contributed by atoms with van der Waals surface area (Å²) in [4.78, 5) is 1.65. The lowest BCUT2D eigenvalue weighted by atomic mass is 10.3. The van der Waals surface area contributed by atoms with Crippen LogP contribution in [0.5, 0.6) is 5.75 Å². The van der Waals surface area contributed by atoms with Crippen LogP contribution >= 0.6 is 0 Å². The highest BCUT2D eigenvalue weighted by molar-refractivity contribution is 5.35. The summed E-state index contributed by atoms with van der Waals surface area (Å²) in [6.45, 7) is 0. The van der Waals surface area contributed by atoms with Crippen molar-refractivity contribution in [3.05, 3.63) is 47.2 Å². The molecule has 0 bridgehead atoms. The van der Waals surface area contributed by atoms with Crippen molar-refractivity contribution < 1.29 is 4.74 Å². The summed E-state index contributed by atoms with van der Waals surface area (Å²) in [7, 11) is 1.64. The maximum absolute atomic E-state index is 5.15. The van der Waals surface area contributed by atoms with Crippen LogP contribution < -0.4 is 26.0 Å². The van der Waals surface area contributed by atoms with Crippen LogP contribution in [-0.4, -0.2) is 17.0 Å². The van der Waals surface area contributed by atoms with Gasteiger partial charge in [0.1, 0.15) is 5.75 Å². The van der Waals surface area contributed by atoms with Crippen LogP contribution in [0.15, 0.2) is 41.8 Å². The molecule has 6 heteroatoms. The maximum atomic E-state index is 5.15. The summed E-state index contributed by atoms with van der Waals surface area (Å²) in [5.74, 6) is 0.787. The molecule has 0 spiro atoms. The van der Waals surface area contributed by atoms with Gasteiger partial charge in [-0.3, -0.25) is 0 Å². The van der Waals surface area contributed by atoms with Gasteiger partial charge in [0.15, 0.2) is 0 Å². The molecule has 1 aromatic carbocycles. The maximum Gasteiger partial charge on any atom is 0.121 e. The molecule has 0 fully saturated rings. The Morgan fingerprint density at radius 3 is 3.06 bits per heavy atom. The quantitative estimate of drug-likeness (QED) is 0.741. The second-order valence-electron chi connectivity index (χ2n) is 3.54. The lowest BCUT2D eigenvalue weighted by Gasteiger charge is -2.20. The molecule has 0 aliphatic carbocycles. The van der Waals surface area contributed by atoms with Gasteiger partial charge in [0.05, 0.1) is 31.1 Å². The normalized spacial score (nSPS) is 13.1. The van der Waals surface area contributed by atoms with Gasteiger partial charge in [-0.2, -0.15) is 25.6 Å². The third kappa shape index (κ3) is 1.69. The van der Waals surface area contributed by atoms with E-state index in [9.17, 15) is 0 Å². The minimum absolute atomic E-state index is 0.787. The number of fused-ring (bicyclic) bond motifs is 1. The van der Waals surface area contributed by atoms with Crippen LogP contribution in [-0.2, 0) is 0 Å². The summed E-state index contributed by atoms with van der Waals surface area (Å²) >= 11 is 0. The van der Waals surface area contributed by atoms with Crippen LogP contribution in [0.2, 0.25) is 0 Å². The van der Waals surface area contributed by atoms with Crippen LogP contribution in [0, 0.1) is 0 Å². The highest BCUT2D eigenvalue weighted by Gasteiger charge is 2.05. The number of methoxy groups -OCH3 is 1. The molecule has 3 rings (SSSR count). The number of nitrogens with one attached hydrogen (secondary N) is 1. The van der Waals surface area contributed by atoms with Crippen molar-refractivity contribution in [1.82, 2.24) is 15.4 Å². The Hall–Kier alpha value is -2.50. The van der Waals surface area contributed by atoms with Crippen molar-refractivity contribution >= 4 is 6.20 Å². The number of ether oxygens (including phenoxy) is 1. The Morgan fingerprint density at radius 2 is 2.29 bits per heavy atom. The van der Waals surface area contributed by atoms with Gasteiger partial charge in [-0.05, 0) is 18.2 Å². The number of hydrazine groups is 1. The molecule has 17 heavy (non-hydrogen) atoms. The first-order valence-corrected chi connectivity index (χ1v) is 5.15. The van der Waals surface area contributed by atoms with E-state index in [1.165, 1.54) is 0 Å². The molecule has 1 aromatic heterocycles. The molecule has 86 valence electrons. The first-order chi connectivity index (χ1) is 8.36. The lowest BCUT2D eigenvalue weighted by molar-refractivity contribution is 0.413. The number of hydrogen-bond acceptors (Lipinski definition) is 5. The first-order valence-electron chi connectivity index (χ1n) is 5.15. The van der Waals surface area contributed by atoms with Crippen molar-refractivity contribution in [3.63, 3.8) is 0 Å². The summed E-state index contributed by atoms with van der Waals surface area (Å²) in [6.07, 6.45) is 5.45. The molecule has 1 N–H and O–H groups in total. The van der Waals surface area contributed by atoms with Crippen LogP contribution in [0.4, 0.5) is 0 Å². The van der Waals surface area contributed by atoms with Crippen LogP contribution in [0.1, 0.15) is 0 Å². The molecule has 0 radical (unpaired) electrons. The van der Waals surface area contributed by atoms with Gasteiger partial charge in [0, 0.05) is 11.3 Å². The number of rotatable bonds is 2. The molecule has 0 atom stereocenters. The van der Waals surface area contributed by atoms with E-state index in [2.05, 4.69) is 15.7 Å². The lowest BCUT2D eigenvalue weighted by Crippen LogP contribution is -2.48. The van der Waals surface area contributed by atoms with Gasteiger partial charge < -0.3 is 4.74 Å². The fraction of sp³-hybridized carbons (Fsp3) is 0.0909. The molecule has 1 aliphatic heterocycles. The summed E-state index contributed by atoms with van der Waals surface area (Å²) < 4.78 is 5.15. The van der Waals surface area contributed by atoms with E-state index in [4.69, 9.17) is 4.74 Å². The Balaban J connectivity index is 2.05. The Labute approximate surface area is 97.4 Å². The molecule has 0 unspecified atom stereocenters. The average Bonchev–Trinajstić information content (AvgIpc) is 2.91. The topological polar surface area (TPSA) is 54.7 Å². The monoisotopic (exact) mass is 229 g/mol. The van der Waals surface area contributed by atoms with Crippen molar-refractivity contribution in [2.45, 2.75) is 0 Å². The number of aromatic nitrogens is 2. The van der Waals surface area contributed by atoms with E-state index in [1.54, 1.807) is 23.2 Å². The third-order valence-corrected chi connectivity index (χ3v) is 2.48. The van der Waals surface area contributed by atoms with E-state index in [0.29, 0.717) is 0 Å². The van der Waals surface area contributed by atoms with Gasteiger partial charge >= 0.3 is 0 Å². The standard InChI is InChI=1S/C11H11N5O/c1-17-10-4-3-9-8-16(14-13-11(9)7-10)15-6-2-5-12-15/h2-8,14H,1H3. The summed E-state index contributed by atoms with van der Waals surface area (Å²) in [5, 5.41) is 11.9. The predicted molar refractivity (Wildman–Crippen MR) is 61.8 cm³/mol. The van der Waals surface area contributed by atoms with Crippen LogP contribution in [0.3, 0.4) is 0 Å². The summed E-state index contributed by atoms with van der Waals surface area (Å²) in [5.41, 5.74) is 2.88. The smallest absolute Gasteiger partial charge is 0.121 e. The number of nitrogens with zero attached hydrogens (tertiary/aromatic N) is 4. The largest absolute Gasteiger partial charge is 0.497 e. The van der Waals surface area contributed by atoms with Gasteiger partial charge in [-0.15, -0.1) is 0 Å². The minimum Gasteiger partial charge on any atom is -0.497 e. The van der Waals surface area contributed by atoms with Gasteiger partial charge in [0.25, 0.3) is 0 Å². The fourth-order valence-corrected chi connectivity index (χ4v) is 1.62. The molecule has 0 saturated carbocycles. The van der Waals surface area contributed by atoms with E-state index in [1.807, 2.05) is 36.7 Å².